The monoisotopic (exact) mass is 415 g/mol. The molecule has 2 aromatic heterocycles. The van der Waals surface area contributed by atoms with Crippen LogP contribution in [-0.4, -0.2) is 38.1 Å². The van der Waals surface area contributed by atoms with E-state index in [1.807, 2.05) is 0 Å². The van der Waals surface area contributed by atoms with Gasteiger partial charge < -0.3 is 10.6 Å². The van der Waals surface area contributed by atoms with Crippen LogP contribution in [0.25, 0.3) is 27.9 Å². The molecule has 1 saturated heterocycles. The van der Waals surface area contributed by atoms with Gasteiger partial charge in [0.05, 0.1) is 22.5 Å². The van der Waals surface area contributed by atoms with E-state index >= 15 is 0 Å². The molecule has 3 heterocycles. The predicted molar refractivity (Wildman–Crippen MR) is 113 cm³/mol. The summed E-state index contributed by atoms with van der Waals surface area (Å²) in [5, 5.41) is 20.9. The number of nitrogens with zero attached hydrogens (tertiary/aromatic N) is 5. The number of aromatic nitrogens is 4. The molecule has 1 atom stereocenters. The van der Waals surface area contributed by atoms with E-state index in [9.17, 15) is 14.4 Å². The molecular weight excluding hydrogens is 397 g/mol. The van der Waals surface area contributed by atoms with Gasteiger partial charge in [-0.3, -0.25) is 4.79 Å². The Kier molecular flexibility index (Phi) is 4.67. The lowest BCUT2D eigenvalue weighted by atomic mass is 10.1. The summed E-state index contributed by atoms with van der Waals surface area (Å²) >= 11 is 0. The molecule has 0 spiro atoms. The molecule has 0 bridgehead atoms. The third-order valence-electron chi connectivity index (χ3n) is 5.36. The number of anilines is 1. The highest BCUT2D eigenvalue weighted by Crippen LogP contribution is 2.27. The maximum absolute atomic E-state index is 13.4. The van der Waals surface area contributed by atoms with Crippen molar-refractivity contribution in [3.8, 4) is 17.5 Å². The highest BCUT2D eigenvalue weighted by atomic mass is 19.1. The summed E-state index contributed by atoms with van der Waals surface area (Å²) in [5.41, 5.74) is 2.07. The van der Waals surface area contributed by atoms with Crippen LogP contribution in [0.4, 0.5) is 10.3 Å². The number of carbonyl (C=O) groups is 1. The van der Waals surface area contributed by atoms with Crippen molar-refractivity contribution in [2.75, 3.05) is 11.9 Å². The fraction of sp³-hybridized carbons (Fsp3) is 0.227. The summed E-state index contributed by atoms with van der Waals surface area (Å²) in [6.07, 6.45) is 2.50. The van der Waals surface area contributed by atoms with Crippen molar-refractivity contribution in [1.29, 1.82) is 5.26 Å². The van der Waals surface area contributed by atoms with Gasteiger partial charge in [0, 0.05) is 12.1 Å². The number of nitriles is 1. The van der Waals surface area contributed by atoms with E-state index in [-0.39, 0.29) is 11.7 Å². The second-order valence-electron chi connectivity index (χ2n) is 7.41. The van der Waals surface area contributed by atoms with Crippen LogP contribution >= 0.6 is 0 Å². The first-order valence-electron chi connectivity index (χ1n) is 10.0. The Labute approximate surface area is 176 Å². The number of halogens is 1. The van der Waals surface area contributed by atoms with Crippen molar-refractivity contribution in [2.45, 2.75) is 25.3 Å². The lowest BCUT2D eigenvalue weighted by Crippen LogP contribution is -2.38. The fourth-order valence-corrected chi connectivity index (χ4v) is 3.79. The lowest BCUT2D eigenvalue weighted by molar-refractivity contribution is -0.121. The van der Waals surface area contributed by atoms with E-state index in [2.05, 4.69) is 31.8 Å². The minimum absolute atomic E-state index is 0.0859. The maximum atomic E-state index is 13.4. The number of rotatable bonds is 3. The van der Waals surface area contributed by atoms with Crippen LogP contribution in [0, 0.1) is 17.1 Å². The van der Waals surface area contributed by atoms with Gasteiger partial charge in [-0.15, -0.1) is 5.10 Å². The lowest BCUT2D eigenvalue weighted by Gasteiger charge is -2.16. The van der Waals surface area contributed by atoms with Gasteiger partial charge in [-0.25, -0.2) is 14.4 Å². The van der Waals surface area contributed by atoms with Crippen LogP contribution in [0.2, 0.25) is 0 Å². The minimum Gasteiger partial charge on any atom is -0.354 e. The number of carbonyl (C=O) groups excluding carboxylic acids is 1. The molecule has 0 aliphatic carbocycles. The number of nitrogens with one attached hydrogen (secondary N) is 2. The van der Waals surface area contributed by atoms with E-state index in [1.54, 1.807) is 30.3 Å². The molecule has 5 rings (SSSR count). The van der Waals surface area contributed by atoms with Gasteiger partial charge >= 0.3 is 0 Å². The zero-order valence-corrected chi connectivity index (χ0v) is 16.5. The van der Waals surface area contributed by atoms with Crippen LogP contribution in [-0.2, 0) is 4.79 Å². The maximum Gasteiger partial charge on any atom is 0.242 e. The fourth-order valence-electron chi connectivity index (χ4n) is 3.79. The summed E-state index contributed by atoms with van der Waals surface area (Å²) in [5.74, 6) is 0.293. The molecule has 1 fully saturated rings. The normalized spacial score (nSPS) is 16.6. The summed E-state index contributed by atoms with van der Waals surface area (Å²) in [7, 11) is 0. The first-order valence-corrected chi connectivity index (χ1v) is 10.0. The van der Waals surface area contributed by atoms with Crippen LogP contribution in [0.3, 0.4) is 0 Å². The molecule has 8 nitrogen and oxygen atoms in total. The van der Waals surface area contributed by atoms with Gasteiger partial charge in [0.2, 0.25) is 11.9 Å². The van der Waals surface area contributed by atoms with Gasteiger partial charge in [-0.1, -0.05) is 6.07 Å². The summed E-state index contributed by atoms with van der Waals surface area (Å²) in [6.45, 7) is 0.654. The van der Waals surface area contributed by atoms with Crippen molar-refractivity contribution in [1.82, 2.24) is 24.9 Å². The van der Waals surface area contributed by atoms with Gasteiger partial charge in [0.25, 0.3) is 0 Å². The highest BCUT2D eigenvalue weighted by molar-refractivity contribution is 5.97. The molecule has 1 aliphatic heterocycles. The zero-order valence-electron chi connectivity index (χ0n) is 16.5. The van der Waals surface area contributed by atoms with E-state index in [0.717, 1.165) is 12.8 Å². The topological polar surface area (TPSA) is 108 Å². The molecule has 2 N–H and O–H groups in total. The average Bonchev–Trinajstić information content (AvgIpc) is 3.13. The average molecular weight is 415 g/mol. The van der Waals surface area contributed by atoms with E-state index < -0.39 is 6.04 Å². The highest BCUT2D eigenvalue weighted by Gasteiger charge is 2.24. The van der Waals surface area contributed by atoms with Crippen LogP contribution < -0.4 is 10.6 Å². The molecule has 0 saturated carbocycles. The number of fused-ring (bicyclic) bond motifs is 3. The first-order chi connectivity index (χ1) is 15.1. The van der Waals surface area contributed by atoms with Gasteiger partial charge in [0.1, 0.15) is 11.9 Å². The van der Waals surface area contributed by atoms with E-state index in [0.29, 0.717) is 52.4 Å². The molecule has 4 aromatic rings. The van der Waals surface area contributed by atoms with Crippen molar-refractivity contribution in [3.05, 3.63) is 53.8 Å². The first kappa shape index (κ1) is 18.9. The smallest absolute Gasteiger partial charge is 0.242 e. The second-order valence-corrected chi connectivity index (χ2v) is 7.41. The van der Waals surface area contributed by atoms with Gasteiger partial charge in [-0.05, 0) is 55.7 Å². The number of hydrogen-bond donors (Lipinski definition) is 2. The molecule has 0 radical (unpaired) electrons. The Morgan fingerprint density at radius 1 is 1.16 bits per heavy atom. The Morgan fingerprint density at radius 2 is 2.00 bits per heavy atom. The summed E-state index contributed by atoms with van der Waals surface area (Å²) in [4.78, 5) is 21.7. The third-order valence-corrected chi connectivity index (χ3v) is 5.36. The van der Waals surface area contributed by atoms with Crippen molar-refractivity contribution in [2.24, 2.45) is 0 Å². The molecule has 9 heteroatoms. The summed E-state index contributed by atoms with van der Waals surface area (Å²) < 4.78 is 14.9. The SMILES string of the molecule is N#Cc1cccc2nc(N[C@@H]3CCCCNC3=O)n3nc(-c4ccc(F)cc4)nc3c12. The molecule has 31 heavy (non-hydrogen) atoms. The molecule has 154 valence electrons. The molecule has 0 unspecified atom stereocenters. The van der Waals surface area contributed by atoms with Crippen molar-refractivity contribution in [3.63, 3.8) is 0 Å². The Morgan fingerprint density at radius 3 is 2.81 bits per heavy atom. The van der Waals surface area contributed by atoms with Crippen LogP contribution in [0.1, 0.15) is 24.8 Å². The van der Waals surface area contributed by atoms with Gasteiger partial charge in [-0.2, -0.15) is 9.78 Å². The molecule has 1 amide bonds. The zero-order chi connectivity index (χ0) is 21.4. The number of hydrogen-bond acceptors (Lipinski definition) is 6. The Balaban J connectivity index is 1.71. The predicted octanol–water partition coefficient (Wildman–Crippen LogP) is 3.04. The minimum atomic E-state index is -0.451. The molecule has 2 aromatic carbocycles. The quantitative estimate of drug-likeness (QED) is 0.533. The standard InChI is InChI=1S/C22H18FN7O/c23-15-9-7-13(8-10-15)19-28-20-18-14(12-24)4-3-6-16(18)26-22(30(20)29-19)27-17-5-1-2-11-25-21(17)31/h3-4,6-10,17H,1-2,5,11H2,(H,25,31)(H,26,27)/t17-/m1/s1. The molecule has 1 aliphatic rings. The third kappa shape index (κ3) is 3.42. The Bertz CT molecular complexity index is 1340. The van der Waals surface area contributed by atoms with E-state index in [1.165, 1.54) is 16.6 Å². The second kappa shape index (κ2) is 7.65. The van der Waals surface area contributed by atoms with Gasteiger partial charge in [0.15, 0.2) is 11.5 Å². The van der Waals surface area contributed by atoms with E-state index in [4.69, 9.17) is 0 Å². The molecular formula is C22H18FN7O. The number of benzene rings is 2. The largest absolute Gasteiger partial charge is 0.354 e. The van der Waals surface area contributed by atoms with Crippen LogP contribution in [0.5, 0.6) is 0 Å². The Hall–Kier alpha value is -4.06. The summed E-state index contributed by atoms with van der Waals surface area (Å²) in [6, 6.07) is 12.8. The van der Waals surface area contributed by atoms with Crippen molar-refractivity contribution >= 4 is 28.4 Å². The van der Waals surface area contributed by atoms with Crippen LogP contribution in [0.15, 0.2) is 42.5 Å². The number of amides is 1. The van der Waals surface area contributed by atoms with Crippen molar-refractivity contribution < 1.29 is 9.18 Å².